The predicted molar refractivity (Wildman–Crippen MR) is 120 cm³/mol. The SMILES string of the molecule is CC(C)=CC1CN(S(=O)(=O)c2ccc(N)nc2)CCN1c1ccc(C(O)(C(F)(F)F)C(F)(F)F)cc1. The van der Waals surface area contributed by atoms with Gasteiger partial charge in [0.2, 0.25) is 10.0 Å². The van der Waals surface area contributed by atoms with Crippen LogP contribution in [0.15, 0.2) is 59.1 Å². The van der Waals surface area contributed by atoms with Gasteiger partial charge in [0.1, 0.15) is 10.7 Å². The zero-order valence-corrected chi connectivity index (χ0v) is 20.0. The van der Waals surface area contributed by atoms with Gasteiger partial charge in [-0.3, -0.25) is 0 Å². The van der Waals surface area contributed by atoms with E-state index in [1.54, 1.807) is 24.8 Å². The maximum absolute atomic E-state index is 13.2. The Hall–Kier alpha value is -2.84. The molecule has 7 nitrogen and oxygen atoms in total. The molecule has 1 aliphatic rings. The summed E-state index contributed by atoms with van der Waals surface area (Å²) in [5.74, 6) is 0.146. The highest BCUT2D eigenvalue weighted by Gasteiger charge is 2.71. The minimum Gasteiger partial charge on any atom is -0.384 e. The number of nitrogens with zero attached hydrogens (tertiary/aromatic N) is 3. The second-order valence-corrected chi connectivity index (χ2v) is 10.5. The van der Waals surface area contributed by atoms with Gasteiger partial charge in [-0.1, -0.05) is 23.8 Å². The number of pyridine rings is 1. The molecule has 3 N–H and O–H groups in total. The molecule has 3 rings (SSSR count). The van der Waals surface area contributed by atoms with Crippen LogP contribution in [-0.4, -0.2) is 60.8 Å². The first-order chi connectivity index (χ1) is 16.5. The molecule has 1 saturated heterocycles. The molecule has 0 amide bonds. The number of nitrogens with two attached hydrogens (primary N) is 1. The maximum Gasteiger partial charge on any atom is 0.430 e. The first-order valence-electron chi connectivity index (χ1n) is 10.6. The minimum atomic E-state index is -5.99. The Bertz CT molecular complexity index is 1190. The molecule has 0 aliphatic carbocycles. The summed E-state index contributed by atoms with van der Waals surface area (Å²) >= 11 is 0. The summed E-state index contributed by atoms with van der Waals surface area (Å²) in [6, 6.07) is 5.31. The Balaban J connectivity index is 1.93. The van der Waals surface area contributed by atoms with Crippen molar-refractivity contribution in [3.8, 4) is 0 Å². The lowest BCUT2D eigenvalue weighted by Crippen LogP contribution is -2.54. The van der Waals surface area contributed by atoms with Crippen LogP contribution in [0.25, 0.3) is 0 Å². The van der Waals surface area contributed by atoms with Crippen molar-refractivity contribution < 1.29 is 39.9 Å². The van der Waals surface area contributed by atoms with Gasteiger partial charge in [-0.2, -0.15) is 30.6 Å². The number of sulfonamides is 1. The summed E-state index contributed by atoms with van der Waals surface area (Å²) < 4.78 is 107. The van der Waals surface area contributed by atoms with Crippen molar-refractivity contribution in [3.05, 3.63) is 59.8 Å². The van der Waals surface area contributed by atoms with E-state index < -0.39 is 39.6 Å². The van der Waals surface area contributed by atoms with Crippen LogP contribution in [-0.2, 0) is 15.6 Å². The van der Waals surface area contributed by atoms with E-state index in [9.17, 15) is 39.9 Å². The Kier molecular flexibility index (Phi) is 7.37. The van der Waals surface area contributed by atoms with Gasteiger partial charge in [0, 0.05) is 37.1 Å². The molecule has 1 fully saturated rings. The van der Waals surface area contributed by atoms with Crippen molar-refractivity contribution in [2.45, 2.75) is 42.7 Å². The Morgan fingerprint density at radius 1 is 1.03 bits per heavy atom. The molecule has 0 radical (unpaired) electrons. The van der Waals surface area contributed by atoms with Gasteiger partial charge < -0.3 is 15.7 Å². The average Bonchev–Trinajstić information content (AvgIpc) is 2.77. The van der Waals surface area contributed by atoms with Crippen LogP contribution >= 0.6 is 0 Å². The van der Waals surface area contributed by atoms with Crippen LogP contribution in [0.2, 0.25) is 0 Å². The fraction of sp³-hybridized carbons (Fsp3) is 0.409. The Morgan fingerprint density at radius 3 is 2.08 bits per heavy atom. The van der Waals surface area contributed by atoms with E-state index in [1.165, 1.54) is 16.4 Å². The smallest absolute Gasteiger partial charge is 0.384 e. The third-order valence-corrected chi connectivity index (χ3v) is 7.59. The quantitative estimate of drug-likeness (QED) is 0.444. The van der Waals surface area contributed by atoms with Crippen LogP contribution in [0, 0.1) is 0 Å². The molecule has 0 saturated carbocycles. The molecule has 2 aromatic rings. The number of hydrogen-bond acceptors (Lipinski definition) is 6. The number of rotatable bonds is 5. The summed E-state index contributed by atoms with van der Waals surface area (Å²) in [7, 11) is -3.94. The lowest BCUT2D eigenvalue weighted by molar-refractivity contribution is -0.376. The molecule has 2 heterocycles. The summed E-state index contributed by atoms with van der Waals surface area (Å²) in [6.45, 7) is 3.60. The third-order valence-electron chi connectivity index (χ3n) is 5.74. The molecule has 1 aromatic carbocycles. The highest BCUT2D eigenvalue weighted by molar-refractivity contribution is 7.89. The van der Waals surface area contributed by atoms with Gasteiger partial charge in [0.25, 0.3) is 5.60 Å². The van der Waals surface area contributed by atoms with Crippen molar-refractivity contribution in [3.63, 3.8) is 0 Å². The second-order valence-electron chi connectivity index (χ2n) is 8.54. The molecule has 1 aromatic heterocycles. The predicted octanol–water partition coefficient (Wildman–Crippen LogP) is 3.82. The first kappa shape index (κ1) is 27.7. The van der Waals surface area contributed by atoms with Crippen molar-refractivity contribution in [2.24, 2.45) is 0 Å². The minimum absolute atomic E-state index is 0.00337. The zero-order chi connectivity index (χ0) is 27.1. The average molecular weight is 539 g/mol. The summed E-state index contributed by atoms with van der Waals surface area (Å²) in [5.41, 5.74) is 0.197. The first-order valence-corrected chi connectivity index (χ1v) is 12.0. The number of hydrogen-bond donors (Lipinski definition) is 2. The monoisotopic (exact) mass is 538 g/mol. The number of piperazine rings is 1. The fourth-order valence-corrected chi connectivity index (χ4v) is 5.32. The standard InChI is InChI=1S/C22H24F6N4O3S/c1-14(2)11-17-13-31(36(34,35)18-7-8-19(29)30-12-18)9-10-32(17)16-5-3-15(4-6-16)20(33,21(23,24)25)22(26,27)28/h3-8,11-12,17,33H,9-10,13H2,1-2H3,(H2,29,30). The second kappa shape index (κ2) is 9.56. The largest absolute Gasteiger partial charge is 0.430 e. The van der Waals surface area contributed by atoms with Crippen molar-refractivity contribution >= 4 is 21.5 Å². The van der Waals surface area contributed by atoms with Gasteiger partial charge in [-0.15, -0.1) is 0 Å². The summed E-state index contributed by atoms with van der Waals surface area (Å²) in [4.78, 5) is 5.41. The molecular formula is C22H24F6N4O3S. The number of nitrogen functional groups attached to an aromatic ring is 1. The van der Waals surface area contributed by atoms with Gasteiger partial charge in [0.05, 0.1) is 6.04 Å². The highest BCUT2D eigenvalue weighted by atomic mass is 32.2. The topological polar surface area (TPSA) is 99.8 Å². The summed E-state index contributed by atoms with van der Waals surface area (Å²) in [6.07, 6.45) is -9.10. The van der Waals surface area contributed by atoms with Gasteiger partial charge in [0.15, 0.2) is 0 Å². The normalized spacial score (nSPS) is 18.2. The lowest BCUT2D eigenvalue weighted by Gasteiger charge is -2.41. The molecule has 14 heteroatoms. The lowest BCUT2D eigenvalue weighted by atomic mass is 9.92. The number of alkyl halides is 6. The van der Waals surface area contributed by atoms with Crippen molar-refractivity contribution in [1.29, 1.82) is 0 Å². The van der Waals surface area contributed by atoms with E-state index in [0.717, 1.165) is 23.9 Å². The molecule has 1 unspecified atom stereocenters. The number of halogens is 6. The van der Waals surface area contributed by atoms with E-state index in [4.69, 9.17) is 5.73 Å². The van der Waals surface area contributed by atoms with Gasteiger partial charge in [-0.25, -0.2) is 13.4 Å². The summed E-state index contributed by atoms with van der Waals surface area (Å²) in [5, 5.41) is 9.62. The van der Waals surface area contributed by atoms with E-state index in [2.05, 4.69) is 4.98 Å². The zero-order valence-electron chi connectivity index (χ0n) is 19.2. The number of aromatic nitrogens is 1. The molecule has 36 heavy (non-hydrogen) atoms. The van der Waals surface area contributed by atoms with Gasteiger partial charge in [-0.05, 0) is 38.1 Å². The van der Waals surface area contributed by atoms with Crippen LogP contribution in [0.3, 0.4) is 0 Å². The van der Waals surface area contributed by atoms with Gasteiger partial charge >= 0.3 is 12.4 Å². The Morgan fingerprint density at radius 2 is 1.61 bits per heavy atom. The van der Waals surface area contributed by atoms with Crippen LogP contribution in [0.5, 0.6) is 0 Å². The van der Waals surface area contributed by atoms with E-state index in [0.29, 0.717) is 12.1 Å². The van der Waals surface area contributed by atoms with Crippen molar-refractivity contribution in [1.82, 2.24) is 9.29 Å². The third kappa shape index (κ3) is 5.15. The van der Waals surface area contributed by atoms with Crippen molar-refractivity contribution in [2.75, 3.05) is 30.3 Å². The van der Waals surface area contributed by atoms with Crippen LogP contribution in [0.1, 0.15) is 19.4 Å². The molecule has 1 atom stereocenters. The number of anilines is 2. The molecule has 1 aliphatic heterocycles. The van der Waals surface area contributed by atoms with Crippen LogP contribution < -0.4 is 10.6 Å². The molecule has 0 spiro atoms. The number of allylic oxidation sites excluding steroid dienone is 1. The van der Waals surface area contributed by atoms with E-state index >= 15 is 0 Å². The van der Waals surface area contributed by atoms with E-state index in [-0.39, 0.29) is 36.0 Å². The fourth-order valence-electron chi connectivity index (χ4n) is 3.93. The molecule has 198 valence electrons. The molecule has 0 bridgehead atoms. The molecular weight excluding hydrogens is 514 g/mol. The number of aliphatic hydroxyl groups is 1. The maximum atomic E-state index is 13.2. The number of benzene rings is 1. The highest BCUT2D eigenvalue weighted by Crippen LogP contribution is 2.50. The van der Waals surface area contributed by atoms with Crippen LogP contribution in [0.4, 0.5) is 37.8 Å². The Labute approximate surface area is 203 Å². The van der Waals surface area contributed by atoms with E-state index in [1.807, 2.05) is 0 Å².